The van der Waals surface area contributed by atoms with Crippen molar-refractivity contribution in [1.29, 1.82) is 0 Å². The van der Waals surface area contributed by atoms with Crippen LogP contribution in [0.4, 0.5) is 4.79 Å². The summed E-state index contributed by atoms with van der Waals surface area (Å²) in [6.45, 7) is 8.79. The van der Waals surface area contributed by atoms with E-state index in [0.29, 0.717) is 18.9 Å². The first kappa shape index (κ1) is 16.3. The molecule has 2 aliphatic heterocycles. The minimum absolute atomic E-state index is 0.131. The second-order valence-corrected chi connectivity index (χ2v) is 7.17. The van der Waals surface area contributed by atoms with Gasteiger partial charge in [0.15, 0.2) is 0 Å². The number of Topliss-reactive ketones (excluding diaryl/α,β-unsaturated/α-hetero) is 1. The fourth-order valence-electron chi connectivity index (χ4n) is 3.11. The molecule has 2 saturated heterocycles. The van der Waals surface area contributed by atoms with Gasteiger partial charge in [0.25, 0.3) is 0 Å². The smallest absolute Gasteiger partial charge is 0.410 e. The molecule has 5 heteroatoms. The lowest BCUT2D eigenvalue weighted by Gasteiger charge is -2.34. The van der Waals surface area contributed by atoms with Crippen molar-refractivity contribution in [2.75, 3.05) is 26.2 Å². The Morgan fingerprint density at radius 2 is 1.52 bits per heavy atom. The molecule has 0 aliphatic carbocycles. The van der Waals surface area contributed by atoms with E-state index < -0.39 is 5.60 Å². The number of carbonyl (C=O) groups is 2. The van der Waals surface area contributed by atoms with Crippen LogP contribution in [0.3, 0.4) is 0 Å². The molecule has 0 bridgehead atoms. The van der Waals surface area contributed by atoms with Crippen LogP contribution < -0.4 is 5.32 Å². The quantitative estimate of drug-likeness (QED) is 0.848. The molecule has 1 N–H and O–H groups in total. The van der Waals surface area contributed by atoms with E-state index in [1.807, 2.05) is 20.8 Å². The summed E-state index contributed by atoms with van der Waals surface area (Å²) in [4.78, 5) is 26.2. The Hall–Kier alpha value is -1.10. The molecular formula is C16H28N2O3. The van der Waals surface area contributed by atoms with Crippen LogP contribution in [-0.2, 0) is 9.53 Å². The van der Waals surface area contributed by atoms with E-state index in [1.165, 1.54) is 0 Å². The zero-order valence-electron chi connectivity index (χ0n) is 13.5. The van der Waals surface area contributed by atoms with Crippen molar-refractivity contribution in [3.8, 4) is 0 Å². The van der Waals surface area contributed by atoms with Gasteiger partial charge in [-0.15, -0.1) is 0 Å². The molecule has 21 heavy (non-hydrogen) atoms. The van der Waals surface area contributed by atoms with Crippen molar-refractivity contribution in [2.45, 2.75) is 52.1 Å². The standard InChI is InChI=1S/C16H28N2O3/c1-16(2,3)21-15(20)18-10-6-13(7-11-18)14(19)12-4-8-17-9-5-12/h12-13,17H,4-11H2,1-3H3. The molecule has 0 atom stereocenters. The second-order valence-electron chi connectivity index (χ2n) is 7.17. The Kier molecular flexibility index (Phi) is 5.25. The van der Waals surface area contributed by atoms with Crippen LogP contribution >= 0.6 is 0 Å². The number of hydrogen-bond acceptors (Lipinski definition) is 4. The zero-order chi connectivity index (χ0) is 15.5. The van der Waals surface area contributed by atoms with Crippen molar-refractivity contribution < 1.29 is 14.3 Å². The van der Waals surface area contributed by atoms with Crippen molar-refractivity contribution >= 4 is 11.9 Å². The molecule has 2 heterocycles. The van der Waals surface area contributed by atoms with Crippen LogP contribution in [0.1, 0.15) is 46.5 Å². The summed E-state index contributed by atoms with van der Waals surface area (Å²) >= 11 is 0. The molecule has 0 aromatic heterocycles. The van der Waals surface area contributed by atoms with Gasteiger partial charge in [-0.3, -0.25) is 4.79 Å². The first-order valence-electron chi connectivity index (χ1n) is 8.09. The van der Waals surface area contributed by atoms with E-state index >= 15 is 0 Å². The van der Waals surface area contributed by atoms with Gasteiger partial charge in [0.1, 0.15) is 11.4 Å². The van der Waals surface area contributed by atoms with Gasteiger partial charge in [-0.2, -0.15) is 0 Å². The van der Waals surface area contributed by atoms with Crippen LogP contribution in [0.15, 0.2) is 0 Å². The number of carbonyl (C=O) groups excluding carboxylic acids is 2. The van der Waals surface area contributed by atoms with Gasteiger partial charge in [0, 0.05) is 24.9 Å². The predicted octanol–water partition coefficient (Wildman–Crippen LogP) is 2.20. The lowest BCUT2D eigenvalue weighted by molar-refractivity contribution is -0.129. The number of ether oxygens (including phenoxy) is 1. The number of piperidine rings is 2. The van der Waals surface area contributed by atoms with Crippen LogP contribution in [0.2, 0.25) is 0 Å². The molecule has 5 nitrogen and oxygen atoms in total. The molecule has 120 valence electrons. The van der Waals surface area contributed by atoms with Gasteiger partial charge in [0.05, 0.1) is 0 Å². The van der Waals surface area contributed by atoms with Gasteiger partial charge in [-0.1, -0.05) is 0 Å². The zero-order valence-corrected chi connectivity index (χ0v) is 13.5. The van der Waals surface area contributed by atoms with Gasteiger partial charge >= 0.3 is 6.09 Å². The molecule has 2 fully saturated rings. The molecule has 0 radical (unpaired) electrons. The Labute approximate surface area is 127 Å². The molecule has 0 spiro atoms. The number of likely N-dealkylation sites (tertiary alicyclic amines) is 1. The number of nitrogens with one attached hydrogen (secondary N) is 1. The Bertz CT molecular complexity index is 375. The third-order valence-electron chi connectivity index (χ3n) is 4.29. The van der Waals surface area contributed by atoms with Crippen molar-refractivity contribution in [1.82, 2.24) is 10.2 Å². The molecule has 1 amide bonds. The Balaban J connectivity index is 1.80. The van der Waals surface area contributed by atoms with Crippen LogP contribution in [0.25, 0.3) is 0 Å². The third kappa shape index (κ3) is 4.70. The molecule has 0 aromatic rings. The maximum absolute atomic E-state index is 12.5. The highest BCUT2D eigenvalue weighted by molar-refractivity contribution is 5.84. The van der Waals surface area contributed by atoms with Crippen LogP contribution in [0, 0.1) is 11.8 Å². The molecule has 0 aromatic carbocycles. The van der Waals surface area contributed by atoms with E-state index in [-0.39, 0.29) is 17.9 Å². The second kappa shape index (κ2) is 6.77. The molecule has 2 rings (SSSR count). The van der Waals surface area contributed by atoms with Crippen LogP contribution in [-0.4, -0.2) is 48.6 Å². The van der Waals surface area contributed by atoms with E-state index in [1.54, 1.807) is 4.90 Å². The summed E-state index contributed by atoms with van der Waals surface area (Å²) in [6, 6.07) is 0. The van der Waals surface area contributed by atoms with E-state index in [0.717, 1.165) is 38.8 Å². The predicted molar refractivity (Wildman–Crippen MR) is 81.1 cm³/mol. The lowest BCUT2D eigenvalue weighted by Crippen LogP contribution is -2.44. The molecule has 2 aliphatic rings. The lowest BCUT2D eigenvalue weighted by atomic mass is 9.82. The summed E-state index contributed by atoms with van der Waals surface area (Å²) < 4.78 is 5.38. The summed E-state index contributed by atoms with van der Waals surface area (Å²) in [5.41, 5.74) is -0.459. The van der Waals surface area contributed by atoms with Gasteiger partial charge in [0.2, 0.25) is 0 Å². The van der Waals surface area contributed by atoms with Gasteiger partial charge in [-0.25, -0.2) is 4.79 Å². The fourth-order valence-corrected chi connectivity index (χ4v) is 3.11. The van der Waals surface area contributed by atoms with E-state index in [4.69, 9.17) is 4.74 Å². The maximum atomic E-state index is 12.5. The normalized spacial score (nSPS) is 22.1. The van der Waals surface area contributed by atoms with Crippen LogP contribution in [0.5, 0.6) is 0 Å². The van der Waals surface area contributed by atoms with Gasteiger partial charge < -0.3 is 15.0 Å². The Morgan fingerprint density at radius 1 is 1.00 bits per heavy atom. The Morgan fingerprint density at radius 3 is 2.05 bits per heavy atom. The van der Waals surface area contributed by atoms with E-state index in [9.17, 15) is 9.59 Å². The maximum Gasteiger partial charge on any atom is 0.410 e. The van der Waals surface area contributed by atoms with E-state index in [2.05, 4.69) is 5.32 Å². The first-order valence-corrected chi connectivity index (χ1v) is 8.09. The molecule has 0 unspecified atom stereocenters. The fraction of sp³-hybridized carbons (Fsp3) is 0.875. The summed E-state index contributed by atoms with van der Waals surface area (Å²) in [7, 11) is 0. The van der Waals surface area contributed by atoms with Gasteiger partial charge in [-0.05, 0) is 59.5 Å². The highest BCUT2D eigenvalue weighted by Gasteiger charge is 2.33. The minimum Gasteiger partial charge on any atom is -0.444 e. The highest BCUT2D eigenvalue weighted by atomic mass is 16.6. The molecular weight excluding hydrogens is 268 g/mol. The van der Waals surface area contributed by atoms with Crippen molar-refractivity contribution in [3.63, 3.8) is 0 Å². The average molecular weight is 296 g/mol. The highest BCUT2D eigenvalue weighted by Crippen LogP contribution is 2.26. The number of rotatable bonds is 2. The summed E-state index contributed by atoms with van der Waals surface area (Å²) in [5, 5.41) is 3.29. The number of nitrogens with zero attached hydrogens (tertiary/aromatic N) is 1. The number of amides is 1. The molecule has 0 saturated carbocycles. The average Bonchev–Trinajstić information content (AvgIpc) is 2.46. The largest absolute Gasteiger partial charge is 0.444 e. The van der Waals surface area contributed by atoms with Crippen molar-refractivity contribution in [3.05, 3.63) is 0 Å². The minimum atomic E-state index is -0.459. The summed E-state index contributed by atoms with van der Waals surface area (Å²) in [6.07, 6.45) is 3.23. The topological polar surface area (TPSA) is 58.6 Å². The SMILES string of the molecule is CC(C)(C)OC(=O)N1CCC(C(=O)C2CCNCC2)CC1. The number of ketones is 1. The number of hydrogen-bond donors (Lipinski definition) is 1. The van der Waals surface area contributed by atoms with Crippen molar-refractivity contribution in [2.24, 2.45) is 11.8 Å². The monoisotopic (exact) mass is 296 g/mol. The first-order chi connectivity index (χ1) is 9.87. The summed E-state index contributed by atoms with van der Waals surface area (Å²) in [5.74, 6) is 0.774. The third-order valence-corrected chi connectivity index (χ3v) is 4.29.